The molecule has 0 saturated carbocycles. The number of pyridine rings is 1. The molecule has 3 aromatic rings. The van der Waals surface area contributed by atoms with Crippen molar-refractivity contribution in [2.24, 2.45) is 10.7 Å². The third kappa shape index (κ3) is 2.55. The average molecular weight is 382 g/mol. The Hall–Kier alpha value is -3.62. The lowest BCUT2D eigenvalue weighted by Gasteiger charge is -2.26. The van der Waals surface area contributed by atoms with E-state index in [1.54, 1.807) is 12.3 Å². The van der Waals surface area contributed by atoms with Gasteiger partial charge in [0.15, 0.2) is 11.5 Å². The number of nitrogens with two attached hydrogens (primary N) is 1. The fourth-order valence-electron chi connectivity index (χ4n) is 3.30. The van der Waals surface area contributed by atoms with E-state index in [0.29, 0.717) is 22.4 Å². The van der Waals surface area contributed by atoms with Gasteiger partial charge in [-0.2, -0.15) is 5.10 Å². The van der Waals surface area contributed by atoms with Crippen LogP contribution in [0.3, 0.4) is 0 Å². The lowest BCUT2D eigenvalue weighted by Crippen LogP contribution is -2.41. The Kier molecular flexibility index (Phi) is 4.14. The van der Waals surface area contributed by atoms with Gasteiger partial charge in [0.2, 0.25) is 0 Å². The third-order valence-corrected chi connectivity index (χ3v) is 4.77. The molecule has 0 radical (unpaired) electrons. The van der Waals surface area contributed by atoms with Gasteiger partial charge in [-0.3, -0.25) is 19.8 Å². The molecule has 7 nitrogen and oxygen atoms in total. The van der Waals surface area contributed by atoms with Crippen molar-refractivity contribution in [1.82, 2.24) is 20.1 Å². The van der Waals surface area contributed by atoms with E-state index in [1.165, 1.54) is 48.6 Å². The highest BCUT2D eigenvalue weighted by Gasteiger charge is 2.50. The van der Waals surface area contributed by atoms with Crippen molar-refractivity contribution in [2.45, 2.75) is 12.2 Å². The molecule has 142 valence electrons. The van der Waals surface area contributed by atoms with Crippen LogP contribution >= 0.6 is 0 Å². The van der Waals surface area contributed by atoms with Gasteiger partial charge in [-0.15, -0.1) is 0 Å². The number of hydrogen-bond donors (Lipinski definition) is 2. The molecule has 0 spiro atoms. The van der Waals surface area contributed by atoms with Crippen LogP contribution in [0.2, 0.25) is 0 Å². The number of aromatic amines is 1. The molecule has 9 heteroatoms. The Morgan fingerprint density at radius 2 is 2.04 bits per heavy atom. The van der Waals surface area contributed by atoms with Gasteiger partial charge >= 0.3 is 0 Å². The molecule has 3 heterocycles. The quantitative estimate of drug-likeness (QED) is 0.722. The van der Waals surface area contributed by atoms with Crippen LogP contribution < -0.4 is 5.73 Å². The second-order valence-corrected chi connectivity index (χ2v) is 6.41. The van der Waals surface area contributed by atoms with Gasteiger partial charge in [0.1, 0.15) is 12.5 Å². The Balaban J connectivity index is 1.98. The first-order valence-corrected chi connectivity index (χ1v) is 8.41. The maximum absolute atomic E-state index is 14.4. The van der Waals surface area contributed by atoms with E-state index in [-0.39, 0.29) is 11.5 Å². The van der Waals surface area contributed by atoms with Crippen LogP contribution in [0.1, 0.15) is 16.7 Å². The summed E-state index contributed by atoms with van der Waals surface area (Å²) in [6.07, 6.45) is 4.37. The van der Waals surface area contributed by atoms with Gasteiger partial charge in [-0.1, -0.05) is 6.07 Å². The maximum atomic E-state index is 14.4. The zero-order chi connectivity index (χ0) is 19.9. The van der Waals surface area contributed by atoms with Gasteiger partial charge in [-0.05, 0) is 29.8 Å². The molecule has 3 N–H and O–H groups in total. The van der Waals surface area contributed by atoms with Crippen LogP contribution in [-0.2, 0) is 17.0 Å². The fourth-order valence-corrected chi connectivity index (χ4v) is 3.30. The van der Waals surface area contributed by atoms with Crippen molar-refractivity contribution < 1.29 is 13.6 Å². The number of H-pyrrole nitrogens is 1. The van der Waals surface area contributed by atoms with Crippen LogP contribution in [0.4, 0.5) is 8.78 Å². The first-order chi connectivity index (χ1) is 13.5. The number of halogens is 2. The van der Waals surface area contributed by atoms with E-state index in [2.05, 4.69) is 20.2 Å². The van der Waals surface area contributed by atoms with E-state index in [9.17, 15) is 13.6 Å². The zero-order valence-electron chi connectivity index (χ0n) is 14.9. The van der Waals surface area contributed by atoms with Crippen molar-refractivity contribution in [3.63, 3.8) is 0 Å². The summed E-state index contributed by atoms with van der Waals surface area (Å²) in [5.41, 5.74) is 5.93. The lowest BCUT2D eigenvalue weighted by molar-refractivity contribution is -0.129. The topological polar surface area (TPSA) is 100 Å². The molecule has 1 aliphatic heterocycles. The van der Waals surface area contributed by atoms with Crippen molar-refractivity contribution in [2.75, 3.05) is 7.05 Å². The maximum Gasteiger partial charge on any atom is 0.266 e. The van der Waals surface area contributed by atoms with Gasteiger partial charge in [0.25, 0.3) is 5.91 Å². The second kappa shape index (κ2) is 6.52. The SMILES string of the molecule is CN1C(=O)C(c2cncc(CF)c2)(c2ccc(F)c(-c3cc[nH]n3)c2)N=C1N. The van der Waals surface area contributed by atoms with E-state index < -0.39 is 23.9 Å². The molecule has 2 aromatic heterocycles. The summed E-state index contributed by atoms with van der Waals surface area (Å²) in [5, 5.41) is 6.64. The molecule has 28 heavy (non-hydrogen) atoms. The lowest BCUT2D eigenvalue weighted by atomic mass is 9.82. The molecule has 1 aliphatic rings. The Morgan fingerprint density at radius 3 is 2.68 bits per heavy atom. The van der Waals surface area contributed by atoms with E-state index in [4.69, 9.17) is 5.73 Å². The number of aromatic nitrogens is 3. The first kappa shape index (κ1) is 17.8. The monoisotopic (exact) mass is 382 g/mol. The molecule has 1 aromatic carbocycles. The summed E-state index contributed by atoms with van der Waals surface area (Å²) < 4.78 is 27.7. The van der Waals surface area contributed by atoms with Crippen molar-refractivity contribution >= 4 is 11.9 Å². The normalized spacial score (nSPS) is 19.2. The highest BCUT2D eigenvalue weighted by molar-refractivity contribution is 6.09. The van der Waals surface area contributed by atoms with Gasteiger partial charge < -0.3 is 5.73 Å². The Morgan fingerprint density at radius 1 is 1.21 bits per heavy atom. The van der Waals surface area contributed by atoms with Gasteiger partial charge in [-0.25, -0.2) is 13.8 Å². The summed E-state index contributed by atoms with van der Waals surface area (Å²) >= 11 is 0. The van der Waals surface area contributed by atoms with Crippen LogP contribution in [-0.4, -0.2) is 39.0 Å². The van der Waals surface area contributed by atoms with Crippen molar-refractivity contribution in [1.29, 1.82) is 0 Å². The number of nitrogens with zero attached hydrogens (tertiary/aromatic N) is 4. The molecule has 1 amide bonds. The summed E-state index contributed by atoms with van der Waals surface area (Å²) in [4.78, 5) is 22.9. The number of guanidine groups is 1. The van der Waals surface area contributed by atoms with E-state index in [0.717, 1.165) is 0 Å². The van der Waals surface area contributed by atoms with Crippen LogP contribution in [0, 0.1) is 5.82 Å². The van der Waals surface area contributed by atoms with Crippen LogP contribution in [0.25, 0.3) is 11.3 Å². The summed E-state index contributed by atoms with van der Waals surface area (Å²) in [7, 11) is 1.49. The number of amides is 1. The minimum Gasteiger partial charge on any atom is -0.369 e. The number of aliphatic imine (C=N–C) groups is 1. The summed E-state index contributed by atoms with van der Waals surface area (Å²) in [6, 6.07) is 7.33. The first-order valence-electron chi connectivity index (χ1n) is 8.41. The second-order valence-electron chi connectivity index (χ2n) is 6.41. The number of rotatable bonds is 4. The molecule has 0 saturated heterocycles. The average Bonchev–Trinajstić information content (AvgIpc) is 3.32. The Bertz CT molecular complexity index is 1080. The predicted molar refractivity (Wildman–Crippen MR) is 98.2 cm³/mol. The molecule has 1 atom stereocenters. The number of nitrogens with one attached hydrogen (secondary N) is 1. The smallest absolute Gasteiger partial charge is 0.266 e. The number of carbonyl (C=O) groups excluding carboxylic acids is 1. The number of hydrogen-bond acceptors (Lipinski definition) is 5. The predicted octanol–water partition coefficient (Wildman–Crippen LogP) is 2.11. The highest BCUT2D eigenvalue weighted by atomic mass is 19.1. The van der Waals surface area contributed by atoms with Gasteiger partial charge in [0, 0.05) is 42.3 Å². The summed E-state index contributed by atoms with van der Waals surface area (Å²) in [6.45, 7) is -0.748. The minimum absolute atomic E-state index is 0.00120. The molecule has 0 aliphatic carbocycles. The zero-order valence-corrected chi connectivity index (χ0v) is 14.9. The summed E-state index contributed by atoms with van der Waals surface area (Å²) in [5.74, 6) is -0.943. The number of benzene rings is 1. The Labute approximate surface area is 158 Å². The molecular formula is C19H16F2N6O. The third-order valence-electron chi connectivity index (χ3n) is 4.77. The van der Waals surface area contributed by atoms with Crippen LogP contribution in [0.15, 0.2) is 53.9 Å². The van der Waals surface area contributed by atoms with Crippen molar-refractivity contribution in [3.05, 3.63) is 71.4 Å². The number of carbonyl (C=O) groups is 1. The molecule has 0 fully saturated rings. The van der Waals surface area contributed by atoms with E-state index in [1.807, 2.05) is 0 Å². The minimum atomic E-state index is -1.59. The van der Waals surface area contributed by atoms with Gasteiger partial charge in [0.05, 0.1) is 5.69 Å². The largest absolute Gasteiger partial charge is 0.369 e. The highest BCUT2D eigenvalue weighted by Crippen LogP contribution is 2.40. The van der Waals surface area contributed by atoms with Crippen molar-refractivity contribution in [3.8, 4) is 11.3 Å². The molecule has 1 unspecified atom stereocenters. The number of alkyl halides is 1. The van der Waals surface area contributed by atoms with Crippen LogP contribution in [0.5, 0.6) is 0 Å². The molecule has 4 rings (SSSR count). The number of likely N-dealkylation sites (N-methyl/N-ethyl adjacent to an activating group) is 1. The molecular weight excluding hydrogens is 366 g/mol. The van der Waals surface area contributed by atoms with E-state index >= 15 is 0 Å². The molecule has 0 bridgehead atoms. The fraction of sp³-hybridized carbons (Fsp3) is 0.158. The standard InChI is InChI=1S/C19H16F2N6O/c1-27-17(28)19(25-18(27)22,13-6-11(8-20)9-23-10-13)12-2-3-15(21)14(7-12)16-4-5-24-26-16/h2-7,9-10H,8H2,1H3,(H2,22,25)(H,24,26).